The van der Waals surface area contributed by atoms with Gasteiger partial charge in [0.25, 0.3) is 5.91 Å². The summed E-state index contributed by atoms with van der Waals surface area (Å²) in [4.78, 5) is 23.7. The van der Waals surface area contributed by atoms with Crippen LogP contribution in [0.1, 0.15) is 28.7 Å². The van der Waals surface area contributed by atoms with Crippen LogP contribution >= 0.6 is 11.6 Å². The average Bonchev–Trinajstić information content (AvgIpc) is 2.46. The second kappa shape index (κ2) is 7.56. The number of benzene rings is 1. The standard InChI is InChI=1S/C15H18ClFN2O3/c16-12-5-11(6-13(17)7-12)15(22)18-8-10-1-3-19(4-2-10)9-14(20)21/h5-7,10H,1-4,8-9H2,(H,18,22)(H,20,21)/i3D2,4D2. The van der Waals surface area contributed by atoms with Crippen molar-refractivity contribution in [1.82, 2.24) is 10.2 Å². The molecule has 5 nitrogen and oxygen atoms in total. The maximum absolute atomic E-state index is 13.3. The van der Waals surface area contributed by atoms with Gasteiger partial charge in [0.05, 0.1) is 6.54 Å². The molecule has 1 heterocycles. The lowest BCUT2D eigenvalue weighted by Crippen LogP contribution is -2.40. The molecule has 1 fully saturated rings. The summed E-state index contributed by atoms with van der Waals surface area (Å²) >= 11 is 5.70. The topological polar surface area (TPSA) is 69.6 Å². The van der Waals surface area contributed by atoms with Crippen molar-refractivity contribution in [3.8, 4) is 0 Å². The quantitative estimate of drug-likeness (QED) is 0.865. The fourth-order valence-electron chi connectivity index (χ4n) is 2.02. The molecule has 2 N–H and O–H groups in total. The number of carboxylic acids is 1. The number of amides is 1. The number of nitrogens with zero attached hydrogens (tertiary/aromatic N) is 1. The smallest absolute Gasteiger partial charge is 0.317 e. The molecular weight excluding hydrogens is 311 g/mol. The van der Waals surface area contributed by atoms with Crippen LogP contribution < -0.4 is 5.32 Å². The summed E-state index contributed by atoms with van der Waals surface area (Å²) in [5.41, 5.74) is 0.00401. The van der Waals surface area contributed by atoms with E-state index in [1.165, 1.54) is 6.07 Å². The molecule has 0 radical (unpaired) electrons. The van der Waals surface area contributed by atoms with Crippen LogP contribution in [0, 0.1) is 11.7 Å². The number of rotatable bonds is 5. The second-order valence-corrected chi connectivity index (χ2v) is 5.37. The Balaban J connectivity index is 2.05. The number of halogens is 2. The van der Waals surface area contributed by atoms with Crippen LogP contribution in [0.2, 0.25) is 5.02 Å². The molecule has 1 aromatic carbocycles. The summed E-state index contributed by atoms with van der Waals surface area (Å²) in [5, 5.41) is 11.5. The van der Waals surface area contributed by atoms with Gasteiger partial charge in [-0.1, -0.05) is 11.6 Å². The number of carbonyl (C=O) groups excluding carboxylic acids is 1. The Labute approximate surface area is 138 Å². The lowest BCUT2D eigenvalue weighted by molar-refractivity contribution is -0.138. The van der Waals surface area contributed by atoms with Crippen molar-refractivity contribution in [2.45, 2.75) is 12.8 Å². The molecule has 0 aliphatic carbocycles. The van der Waals surface area contributed by atoms with E-state index in [0.717, 1.165) is 12.1 Å². The predicted octanol–water partition coefficient (Wildman–Crippen LogP) is 2.01. The third-order valence-corrected chi connectivity index (χ3v) is 3.33. The van der Waals surface area contributed by atoms with Crippen molar-refractivity contribution in [3.05, 3.63) is 34.6 Å². The molecule has 1 aliphatic rings. The summed E-state index contributed by atoms with van der Waals surface area (Å²) in [7, 11) is 0. The highest BCUT2D eigenvalue weighted by atomic mass is 35.5. The molecule has 7 heteroatoms. The Kier molecular flexibility index (Phi) is 4.07. The molecule has 1 aromatic rings. The lowest BCUT2D eigenvalue weighted by Gasteiger charge is -2.30. The van der Waals surface area contributed by atoms with Crippen molar-refractivity contribution in [1.29, 1.82) is 0 Å². The third-order valence-electron chi connectivity index (χ3n) is 3.11. The molecule has 0 atom stereocenters. The van der Waals surface area contributed by atoms with Crippen molar-refractivity contribution in [3.63, 3.8) is 0 Å². The number of hydrogen-bond acceptors (Lipinski definition) is 3. The van der Waals surface area contributed by atoms with E-state index < -0.39 is 43.2 Å². The van der Waals surface area contributed by atoms with Gasteiger partial charge in [-0.05, 0) is 50.0 Å². The summed E-state index contributed by atoms with van der Waals surface area (Å²) < 4.78 is 45.2. The first-order chi connectivity index (χ1) is 11.9. The van der Waals surface area contributed by atoms with E-state index in [2.05, 4.69) is 5.32 Å². The minimum absolute atomic E-state index is 0.00401. The highest BCUT2D eigenvalue weighted by molar-refractivity contribution is 6.31. The van der Waals surface area contributed by atoms with Crippen molar-refractivity contribution >= 4 is 23.5 Å². The minimum Gasteiger partial charge on any atom is -0.480 e. The number of nitrogens with one attached hydrogen (secondary N) is 1. The van der Waals surface area contributed by atoms with Crippen LogP contribution in [0.4, 0.5) is 4.39 Å². The molecule has 0 saturated carbocycles. The Hall–Kier alpha value is -1.66. The monoisotopic (exact) mass is 332 g/mol. The summed E-state index contributed by atoms with van der Waals surface area (Å²) in [5.74, 6) is -3.16. The van der Waals surface area contributed by atoms with E-state index in [1.54, 1.807) is 0 Å². The Morgan fingerprint density at radius 2 is 2.09 bits per heavy atom. The molecule has 0 unspecified atom stereocenters. The zero-order valence-corrected chi connectivity index (χ0v) is 12.4. The molecule has 0 spiro atoms. The average molecular weight is 333 g/mol. The molecule has 1 aliphatic heterocycles. The molecule has 0 bridgehead atoms. The van der Waals surface area contributed by atoms with Gasteiger partial charge in [-0.3, -0.25) is 14.5 Å². The zero-order valence-electron chi connectivity index (χ0n) is 15.6. The predicted molar refractivity (Wildman–Crippen MR) is 80.5 cm³/mol. The maximum Gasteiger partial charge on any atom is 0.317 e. The van der Waals surface area contributed by atoms with Crippen LogP contribution in [-0.4, -0.2) is 48.0 Å². The van der Waals surface area contributed by atoms with Gasteiger partial charge in [0, 0.05) is 22.6 Å². The van der Waals surface area contributed by atoms with Gasteiger partial charge in [0.1, 0.15) is 5.82 Å². The zero-order chi connectivity index (χ0) is 19.7. The van der Waals surface area contributed by atoms with Gasteiger partial charge in [-0.15, -0.1) is 0 Å². The van der Waals surface area contributed by atoms with Gasteiger partial charge in [0.15, 0.2) is 0 Å². The molecule has 0 aromatic heterocycles. The van der Waals surface area contributed by atoms with Crippen LogP contribution in [0.5, 0.6) is 0 Å². The van der Waals surface area contributed by atoms with E-state index in [-0.39, 0.29) is 30.0 Å². The van der Waals surface area contributed by atoms with E-state index in [9.17, 15) is 14.0 Å². The van der Waals surface area contributed by atoms with Crippen molar-refractivity contribution in [2.24, 2.45) is 5.92 Å². The van der Waals surface area contributed by atoms with Gasteiger partial charge in [-0.2, -0.15) is 0 Å². The van der Waals surface area contributed by atoms with Gasteiger partial charge in [-0.25, -0.2) is 4.39 Å². The van der Waals surface area contributed by atoms with Crippen LogP contribution in [0.3, 0.4) is 0 Å². The fourth-order valence-corrected chi connectivity index (χ4v) is 2.24. The lowest BCUT2D eigenvalue weighted by atomic mass is 9.96. The van der Waals surface area contributed by atoms with Crippen LogP contribution in [-0.2, 0) is 4.79 Å². The normalized spacial score (nSPS) is 23.7. The number of aliphatic carboxylic acids is 1. The molecular formula is C15H18ClFN2O3. The number of likely N-dealkylation sites (tertiary alicyclic amines) is 1. The first-order valence-electron chi connectivity index (χ1n) is 8.64. The number of carboxylic acid groups (broad SMARTS) is 1. The summed E-state index contributed by atoms with van der Waals surface area (Å²) in [6, 6.07) is 3.35. The number of carbonyl (C=O) groups is 2. The van der Waals surface area contributed by atoms with E-state index in [1.807, 2.05) is 0 Å². The molecule has 120 valence electrons. The second-order valence-electron chi connectivity index (χ2n) is 4.94. The first kappa shape index (κ1) is 11.8. The highest BCUT2D eigenvalue weighted by Crippen LogP contribution is 2.17. The van der Waals surface area contributed by atoms with E-state index >= 15 is 0 Å². The summed E-state index contributed by atoms with van der Waals surface area (Å²) in [6.45, 7) is -5.16. The maximum atomic E-state index is 13.3. The third kappa shape index (κ3) is 4.96. The largest absolute Gasteiger partial charge is 0.480 e. The Morgan fingerprint density at radius 3 is 2.68 bits per heavy atom. The van der Waals surface area contributed by atoms with Crippen LogP contribution in [0.25, 0.3) is 0 Å². The van der Waals surface area contributed by atoms with Crippen molar-refractivity contribution in [2.75, 3.05) is 26.1 Å². The Bertz CT molecular complexity index is 682. The van der Waals surface area contributed by atoms with Gasteiger partial charge < -0.3 is 10.4 Å². The number of hydrogen-bond donors (Lipinski definition) is 2. The van der Waals surface area contributed by atoms with Crippen LogP contribution in [0.15, 0.2) is 18.2 Å². The van der Waals surface area contributed by atoms with E-state index in [0.29, 0.717) is 4.90 Å². The Morgan fingerprint density at radius 1 is 1.41 bits per heavy atom. The van der Waals surface area contributed by atoms with Gasteiger partial charge >= 0.3 is 5.97 Å². The summed E-state index contributed by atoms with van der Waals surface area (Å²) in [6.07, 6.45) is -0.298. The first-order valence-corrected chi connectivity index (χ1v) is 7.02. The SMILES string of the molecule is [2H]C1([2H])CC(CNC(=O)c2cc(F)cc(Cl)c2)CC([2H])([2H])N1CC(=O)O. The minimum atomic E-state index is -2.18. The molecule has 2 rings (SSSR count). The molecule has 1 amide bonds. The fraction of sp³-hybridized carbons (Fsp3) is 0.467. The molecule has 22 heavy (non-hydrogen) atoms. The van der Waals surface area contributed by atoms with E-state index in [4.69, 9.17) is 22.2 Å². The van der Waals surface area contributed by atoms with Crippen molar-refractivity contribution < 1.29 is 24.6 Å². The molecule has 1 saturated heterocycles. The highest BCUT2D eigenvalue weighted by Gasteiger charge is 2.21. The van der Waals surface area contributed by atoms with Gasteiger partial charge in [0.2, 0.25) is 0 Å². The number of piperidine rings is 1.